The van der Waals surface area contributed by atoms with Crippen molar-refractivity contribution in [1.82, 2.24) is 0 Å². The van der Waals surface area contributed by atoms with Crippen LogP contribution in [0.15, 0.2) is 34.8 Å². The number of hydrogen-bond donors (Lipinski definition) is 0. The minimum absolute atomic E-state index is 0.960. The lowest BCUT2D eigenvalue weighted by Gasteiger charge is -2.35. The van der Waals surface area contributed by atoms with E-state index in [4.69, 9.17) is 0 Å². The summed E-state index contributed by atoms with van der Waals surface area (Å²) in [6, 6.07) is 8.83. The van der Waals surface area contributed by atoms with Crippen molar-refractivity contribution in [2.45, 2.75) is 58.3 Å². The molecule has 0 heterocycles. The Labute approximate surface area is 138 Å². The van der Waals surface area contributed by atoms with Gasteiger partial charge in [0, 0.05) is 4.47 Å². The molecule has 1 heteroatoms. The number of rotatable bonds is 3. The molecule has 2 aliphatic rings. The van der Waals surface area contributed by atoms with Crippen LogP contribution in [-0.2, 0) is 0 Å². The first kappa shape index (κ1) is 15.3. The van der Waals surface area contributed by atoms with Gasteiger partial charge in [0.15, 0.2) is 0 Å². The van der Waals surface area contributed by atoms with Crippen LogP contribution in [0.4, 0.5) is 0 Å². The molecule has 21 heavy (non-hydrogen) atoms. The number of allylic oxidation sites excluding steroid dienone is 2. The highest BCUT2D eigenvalue weighted by Crippen LogP contribution is 2.41. The maximum Gasteiger partial charge on any atom is 0.0175 e. The van der Waals surface area contributed by atoms with Gasteiger partial charge in [0.25, 0.3) is 0 Å². The minimum atomic E-state index is 0.960. The van der Waals surface area contributed by atoms with E-state index in [0.717, 1.165) is 17.8 Å². The molecule has 0 saturated heterocycles. The van der Waals surface area contributed by atoms with Crippen molar-refractivity contribution >= 4 is 21.5 Å². The first-order valence-electron chi connectivity index (χ1n) is 8.71. The molecule has 0 aromatic heterocycles. The summed E-state index contributed by atoms with van der Waals surface area (Å²) in [5.74, 6) is 3.00. The fourth-order valence-corrected chi connectivity index (χ4v) is 4.54. The second-order valence-corrected chi connectivity index (χ2v) is 7.88. The van der Waals surface area contributed by atoms with Gasteiger partial charge in [-0.1, -0.05) is 60.3 Å². The van der Waals surface area contributed by atoms with Crippen molar-refractivity contribution in [2.75, 3.05) is 0 Å². The van der Waals surface area contributed by atoms with E-state index in [2.05, 4.69) is 53.2 Å². The van der Waals surface area contributed by atoms with Crippen LogP contribution in [0.5, 0.6) is 0 Å². The van der Waals surface area contributed by atoms with Crippen molar-refractivity contribution in [3.05, 3.63) is 40.4 Å². The summed E-state index contributed by atoms with van der Waals surface area (Å²) in [4.78, 5) is 0. The Morgan fingerprint density at radius 3 is 2.24 bits per heavy atom. The van der Waals surface area contributed by atoms with Crippen molar-refractivity contribution in [1.29, 1.82) is 0 Å². The van der Waals surface area contributed by atoms with Crippen LogP contribution in [0, 0.1) is 17.8 Å². The summed E-state index contributed by atoms with van der Waals surface area (Å²) >= 11 is 3.52. The number of halogens is 1. The van der Waals surface area contributed by atoms with Crippen molar-refractivity contribution in [2.24, 2.45) is 17.8 Å². The third kappa shape index (κ3) is 3.80. The standard InChI is InChI=1S/C20H27Br/c1-2-15-3-5-16(6-4-15)17-7-9-18(10-8-17)19-11-13-20(21)14-12-19/h9,11-17H,2-8,10H2,1H3. The third-order valence-electron chi connectivity index (χ3n) is 5.80. The average molecular weight is 347 g/mol. The van der Waals surface area contributed by atoms with Crippen LogP contribution >= 0.6 is 15.9 Å². The maximum atomic E-state index is 3.52. The maximum absolute atomic E-state index is 3.52. The van der Waals surface area contributed by atoms with Crippen LogP contribution in [0.1, 0.15) is 63.9 Å². The van der Waals surface area contributed by atoms with Crippen molar-refractivity contribution in [3.63, 3.8) is 0 Å². The largest absolute Gasteiger partial charge is 0.0804 e. The second kappa shape index (κ2) is 7.13. The quantitative estimate of drug-likeness (QED) is 0.561. The van der Waals surface area contributed by atoms with Crippen LogP contribution in [0.2, 0.25) is 0 Å². The van der Waals surface area contributed by atoms with E-state index in [1.54, 1.807) is 5.57 Å². The first-order chi connectivity index (χ1) is 10.3. The van der Waals surface area contributed by atoms with Crippen LogP contribution in [0.3, 0.4) is 0 Å². The molecule has 3 rings (SSSR count). The highest BCUT2D eigenvalue weighted by Gasteiger charge is 2.28. The van der Waals surface area contributed by atoms with Gasteiger partial charge in [0.05, 0.1) is 0 Å². The molecule has 0 bridgehead atoms. The summed E-state index contributed by atoms with van der Waals surface area (Å²) in [5.41, 5.74) is 2.99. The predicted molar refractivity (Wildman–Crippen MR) is 95.2 cm³/mol. The van der Waals surface area contributed by atoms with E-state index in [1.807, 2.05) is 0 Å². The van der Waals surface area contributed by atoms with Gasteiger partial charge in [0.2, 0.25) is 0 Å². The molecule has 1 aromatic rings. The zero-order chi connectivity index (χ0) is 14.7. The Kier molecular flexibility index (Phi) is 5.21. The SMILES string of the molecule is CCC1CCC(C2CC=C(c3ccc(Br)cc3)CC2)CC1. The minimum Gasteiger partial charge on any atom is -0.0804 e. The van der Waals surface area contributed by atoms with Gasteiger partial charge in [-0.2, -0.15) is 0 Å². The lowest BCUT2D eigenvalue weighted by Crippen LogP contribution is -2.22. The molecule has 1 fully saturated rings. The van der Waals surface area contributed by atoms with E-state index >= 15 is 0 Å². The molecule has 1 aromatic carbocycles. The Bertz CT molecular complexity index is 477. The molecular weight excluding hydrogens is 320 g/mol. The van der Waals surface area contributed by atoms with Gasteiger partial charge >= 0.3 is 0 Å². The molecule has 0 nitrogen and oxygen atoms in total. The summed E-state index contributed by atoms with van der Waals surface area (Å²) < 4.78 is 1.17. The predicted octanol–water partition coefficient (Wildman–Crippen LogP) is 6.85. The first-order valence-corrected chi connectivity index (χ1v) is 9.50. The fourth-order valence-electron chi connectivity index (χ4n) is 4.28. The molecule has 0 radical (unpaired) electrons. The lowest BCUT2D eigenvalue weighted by molar-refractivity contribution is 0.192. The molecule has 0 aliphatic heterocycles. The number of benzene rings is 1. The molecule has 2 aliphatic carbocycles. The lowest BCUT2D eigenvalue weighted by atomic mass is 9.70. The van der Waals surface area contributed by atoms with Crippen LogP contribution < -0.4 is 0 Å². The molecule has 1 unspecified atom stereocenters. The van der Waals surface area contributed by atoms with E-state index in [0.29, 0.717) is 0 Å². The average Bonchev–Trinajstić information content (AvgIpc) is 2.56. The molecule has 114 valence electrons. The van der Waals surface area contributed by atoms with Gasteiger partial charge in [-0.3, -0.25) is 0 Å². The van der Waals surface area contributed by atoms with E-state index < -0.39 is 0 Å². The molecule has 1 atom stereocenters. The Morgan fingerprint density at radius 1 is 0.952 bits per heavy atom. The van der Waals surface area contributed by atoms with E-state index in [1.165, 1.54) is 61.4 Å². The fraction of sp³-hybridized carbons (Fsp3) is 0.600. The van der Waals surface area contributed by atoms with E-state index in [9.17, 15) is 0 Å². The smallest absolute Gasteiger partial charge is 0.0175 e. The van der Waals surface area contributed by atoms with E-state index in [-0.39, 0.29) is 0 Å². The van der Waals surface area contributed by atoms with Crippen molar-refractivity contribution < 1.29 is 0 Å². The second-order valence-electron chi connectivity index (χ2n) is 6.96. The molecule has 0 amide bonds. The highest BCUT2D eigenvalue weighted by molar-refractivity contribution is 9.10. The zero-order valence-corrected chi connectivity index (χ0v) is 14.7. The highest BCUT2D eigenvalue weighted by atomic mass is 79.9. The third-order valence-corrected chi connectivity index (χ3v) is 6.33. The van der Waals surface area contributed by atoms with Gasteiger partial charge in [-0.05, 0) is 73.1 Å². The molecule has 0 spiro atoms. The normalized spacial score (nSPS) is 30.0. The topological polar surface area (TPSA) is 0 Å². The van der Waals surface area contributed by atoms with Gasteiger partial charge in [-0.15, -0.1) is 0 Å². The van der Waals surface area contributed by atoms with Crippen molar-refractivity contribution in [3.8, 4) is 0 Å². The Balaban J connectivity index is 1.58. The van der Waals surface area contributed by atoms with Gasteiger partial charge < -0.3 is 0 Å². The molecule has 1 saturated carbocycles. The van der Waals surface area contributed by atoms with Crippen LogP contribution in [0.25, 0.3) is 5.57 Å². The zero-order valence-electron chi connectivity index (χ0n) is 13.2. The summed E-state index contributed by atoms with van der Waals surface area (Å²) in [5, 5.41) is 0. The van der Waals surface area contributed by atoms with Crippen LogP contribution in [-0.4, -0.2) is 0 Å². The van der Waals surface area contributed by atoms with Gasteiger partial charge in [0.1, 0.15) is 0 Å². The Hall–Kier alpha value is -0.560. The Morgan fingerprint density at radius 2 is 1.67 bits per heavy atom. The number of hydrogen-bond acceptors (Lipinski definition) is 0. The summed E-state index contributed by atoms with van der Waals surface area (Å²) in [6.07, 6.45) is 13.9. The monoisotopic (exact) mass is 346 g/mol. The summed E-state index contributed by atoms with van der Waals surface area (Å²) in [6.45, 7) is 2.36. The molecule has 0 N–H and O–H groups in total. The van der Waals surface area contributed by atoms with Gasteiger partial charge in [-0.25, -0.2) is 0 Å². The molecular formula is C20H27Br. The summed E-state index contributed by atoms with van der Waals surface area (Å²) in [7, 11) is 0.